The Labute approximate surface area is 145 Å². The number of rotatable bonds is 5. The quantitative estimate of drug-likeness (QED) is 0.859. The van der Waals surface area contributed by atoms with Crippen molar-refractivity contribution in [2.24, 2.45) is 0 Å². The summed E-state index contributed by atoms with van der Waals surface area (Å²) >= 11 is 1.63. The van der Waals surface area contributed by atoms with Gasteiger partial charge in [-0.3, -0.25) is 4.79 Å². The molecule has 0 unspecified atom stereocenters. The third kappa shape index (κ3) is 4.30. The Hall–Kier alpha value is -1.99. The lowest BCUT2D eigenvalue weighted by Gasteiger charge is -2.39. The number of aromatic nitrogens is 2. The molecule has 7 heteroatoms. The molecule has 2 aromatic heterocycles. The number of nitrogens with one attached hydrogen (secondary N) is 1. The number of amides is 1. The van der Waals surface area contributed by atoms with Crippen molar-refractivity contribution in [2.45, 2.75) is 31.8 Å². The normalized spacial score (nSPS) is 20.8. The molecule has 0 spiro atoms. The van der Waals surface area contributed by atoms with Crippen LogP contribution in [0.1, 0.15) is 22.6 Å². The van der Waals surface area contributed by atoms with Gasteiger partial charge in [-0.2, -0.15) is 0 Å². The van der Waals surface area contributed by atoms with Gasteiger partial charge in [-0.1, -0.05) is 0 Å². The fourth-order valence-corrected chi connectivity index (χ4v) is 3.83. The maximum atomic E-state index is 12.1. The number of aliphatic hydroxyl groups is 1. The topological polar surface area (TPSA) is 78.4 Å². The number of thiophene rings is 1. The Kier molecular flexibility index (Phi) is 5.11. The SMILES string of the molecule is Cc1ccc(CC(=O)NC[C@@]2(O)CCCN(c3ncccn3)C2)s1. The second-order valence-electron chi connectivity index (χ2n) is 6.26. The highest BCUT2D eigenvalue weighted by molar-refractivity contribution is 7.12. The maximum absolute atomic E-state index is 12.1. The molecule has 1 aliphatic heterocycles. The van der Waals surface area contributed by atoms with E-state index in [1.165, 1.54) is 4.88 Å². The van der Waals surface area contributed by atoms with Crippen LogP contribution < -0.4 is 10.2 Å². The standard InChI is InChI=1S/C17H22N4O2S/c1-13-4-5-14(24-13)10-15(22)20-11-17(23)6-2-9-21(12-17)16-18-7-3-8-19-16/h3-5,7-8,23H,2,6,9-12H2,1H3,(H,20,22)/t17-/m0/s1. The molecule has 0 radical (unpaired) electrons. The molecule has 1 amide bonds. The predicted molar refractivity (Wildman–Crippen MR) is 94.2 cm³/mol. The molecule has 2 N–H and O–H groups in total. The summed E-state index contributed by atoms with van der Waals surface area (Å²) in [5.74, 6) is 0.564. The van der Waals surface area contributed by atoms with Gasteiger partial charge < -0.3 is 15.3 Å². The minimum absolute atomic E-state index is 0.0571. The van der Waals surface area contributed by atoms with Crippen molar-refractivity contribution in [1.82, 2.24) is 15.3 Å². The smallest absolute Gasteiger partial charge is 0.225 e. The van der Waals surface area contributed by atoms with Gasteiger partial charge in [-0.15, -0.1) is 11.3 Å². The van der Waals surface area contributed by atoms with Crippen molar-refractivity contribution >= 4 is 23.2 Å². The van der Waals surface area contributed by atoms with Crippen LogP contribution >= 0.6 is 11.3 Å². The summed E-state index contributed by atoms with van der Waals surface area (Å²) in [5, 5.41) is 13.7. The number of aryl methyl sites for hydroxylation is 1. The summed E-state index contributed by atoms with van der Waals surface area (Å²) in [7, 11) is 0. The molecule has 3 rings (SSSR count). The Morgan fingerprint density at radius 1 is 1.42 bits per heavy atom. The van der Waals surface area contributed by atoms with Crippen LogP contribution in [0.15, 0.2) is 30.6 Å². The lowest BCUT2D eigenvalue weighted by molar-refractivity contribution is -0.121. The van der Waals surface area contributed by atoms with Gasteiger partial charge in [0.25, 0.3) is 0 Å². The fourth-order valence-electron chi connectivity index (χ4n) is 2.95. The van der Waals surface area contributed by atoms with E-state index in [0.717, 1.165) is 17.8 Å². The zero-order valence-electron chi connectivity index (χ0n) is 13.7. The minimum atomic E-state index is -0.946. The fraction of sp³-hybridized carbons (Fsp3) is 0.471. The van der Waals surface area contributed by atoms with Crippen molar-refractivity contribution in [1.29, 1.82) is 0 Å². The first-order chi connectivity index (χ1) is 11.5. The molecule has 24 heavy (non-hydrogen) atoms. The summed E-state index contributed by atoms with van der Waals surface area (Å²) in [6.07, 6.45) is 5.26. The van der Waals surface area contributed by atoms with Crippen LogP contribution in [-0.2, 0) is 11.2 Å². The number of carbonyl (C=O) groups excluding carboxylic acids is 1. The summed E-state index contributed by atoms with van der Waals surface area (Å²) in [6.45, 7) is 3.51. The number of piperidine rings is 1. The lowest BCUT2D eigenvalue weighted by atomic mass is 9.93. The van der Waals surface area contributed by atoms with Crippen molar-refractivity contribution in [3.63, 3.8) is 0 Å². The summed E-state index contributed by atoms with van der Waals surface area (Å²) in [5.41, 5.74) is -0.946. The Balaban J connectivity index is 1.54. The highest BCUT2D eigenvalue weighted by Gasteiger charge is 2.34. The number of hydrogen-bond acceptors (Lipinski definition) is 6. The highest BCUT2D eigenvalue weighted by Crippen LogP contribution is 2.23. The van der Waals surface area contributed by atoms with Gasteiger partial charge >= 0.3 is 0 Å². The first-order valence-corrected chi connectivity index (χ1v) is 8.92. The maximum Gasteiger partial charge on any atom is 0.225 e. The zero-order valence-corrected chi connectivity index (χ0v) is 14.6. The van der Waals surface area contributed by atoms with E-state index in [4.69, 9.17) is 0 Å². The van der Waals surface area contributed by atoms with E-state index < -0.39 is 5.60 Å². The van der Waals surface area contributed by atoms with Crippen LogP contribution in [0.25, 0.3) is 0 Å². The summed E-state index contributed by atoms with van der Waals surface area (Å²) < 4.78 is 0. The molecule has 0 aromatic carbocycles. The molecule has 128 valence electrons. The van der Waals surface area contributed by atoms with Crippen LogP contribution in [0.2, 0.25) is 0 Å². The van der Waals surface area contributed by atoms with Crippen LogP contribution in [0, 0.1) is 6.92 Å². The number of hydrogen-bond donors (Lipinski definition) is 2. The van der Waals surface area contributed by atoms with Gasteiger partial charge in [0.15, 0.2) is 0 Å². The van der Waals surface area contributed by atoms with Gasteiger partial charge in [0.05, 0.1) is 18.6 Å². The van der Waals surface area contributed by atoms with E-state index in [1.54, 1.807) is 29.8 Å². The lowest BCUT2D eigenvalue weighted by Crippen LogP contribution is -2.54. The van der Waals surface area contributed by atoms with Gasteiger partial charge in [0.1, 0.15) is 0 Å². The average Bonchev–Trinajstić information content (AvgIpc) is 2.99. The summed E-state index contributed by atoms with van der Waals surface area (Å²) in [4.78, 5) is 24.8. The van der Waals surface area contributed by atoms with Crippen LogP contribution in [-0.4, -0.2) is 46.2 Å². The van der Waals surface area contributed by atoms with E-state index in [1.807, 2.05) is 24.0 Å². The second-order valence-corrected chi connectivity index (χ2v) is 7.64. The third-order valence-corrected chi connectivity index (χ3v) is 5.14. The monoisotopic (exact) mass is 346 g/mol. The minimum Gasteiger partial charge on any atom is -0.386 e. The van der Waals surface area contributed by atoms with Crippen molar-refractivity contribution in [3.8, 4) is 0 Å². The first kappa shape index (κ1) is 16.9. The molecule has 0 saturated carbocycles. The van der Waals surface area contributed by atoms with Gasteiger partial charge in [0.2, 0.25) is 11.9 Å². The molecular weight excluding hydrogens is 324 g/mol. The number of nitrogens with zero attached hydrogens (tertiary/aromatic N) is 3. The second kappa shape index (κ2) is 7.27. The Bertz CT molecular complexity index is 691. The summed E-state index contributed by atoms with van der Waals surface area (Å²) in [6, 6.07) is 5.76. The molecule has 1 aliphatic rings. The van der Waals surface area contributed by atoms with Crippen molar-refractivity contribution in [2.75, 3.05) is 24.5 Å². The van der Waals surface area contributed by atoms with Crippen LogP contribution in [0.3, 0.4) is 0 Å². The van der Waals surface area contributed by atoms with E-state index in [9.17, 15) is 9.90 Å². The molecule has 6 nitrogen and oxygen atoms in total. The molecule has 3 heterocycles. The molecule has 0 bridgehead atoms. The average molecular weight is 346 g/mol. The van der Waals surface area contributed by atoms with Gasteiger partial charge in [-0.25, -0.2) is 9.97 Å². The molecular formula is C17H22N4O2S. The Morgan fingerprint density at radius 2 is 2.21 bits per heavy atom. The molecule has 2 aromatic rings. The van der Waals surface area contributed by atoms with Crippen molar-refractivity contribution in [3.05, 3.63) is 40.3 Å². The van der Waals surface area contributed by atoms with E-state index in [0.29, 0.717) is 25.3 Å². The van der Waals surface area contributed by atoms with Gasteiger partial charge in [-0.05, 0) is 38.0 Å². The first-order valence-electron chi connectivity index (χ1n) is 8.10. The van der Waals surface area contributed by atoms with Gasteiger partial charge in [0, 0.05) is 35.2 Å². The highest BCUT2D eigenvalue weighted by atomic mass is 32.1. The van der Waals surface area contributed by atoms with E-state index in [-0.39, 0.29) is 12.5 Å². The van der Waals surface area contributed by atoms with E-state index in [2.05, 4.69) is 15.3 Å². The molecule has 1 fully saturated rings. The largest absolute Gasteiger partial charge is 0.386 e. The zero-order chi connectivity index (χ0) is 17.0. The van der Waals surface area contributed by atoms with Crippen molar-refractivity contribution < 1.29 is 9.90 Å². The van der Waals surface area contributed by atoms with Crippen LogP contribution in [0.4, 0.5) is 5.95 Å². The molecule has 1 atom stereocenters. The third-order valence-electron chi connectivity index (χ3n) is 4.14. The number of β-amino-alcohol motifs (C(OH)–C–C–N with tert-alkyl or cyclic N) is 1. The number of carbonyl (C=O) groups is 1. The molecule has 0 aliphatic carbocycles. The molecule has 1 saturated heterocycles. The van der Waals surface area contributed by atoms with Crippen LogP contribution in [0.5, 0.6) is 0 Å². The predicted octanol–water partition coefficient (Wildman–Crippen LogP) is 1.54. The Morgan fingerprint density at radius 3 is 2.92 bits per heavy atom. The van der Waals surface area contributed by atoms with E-state index >= 15 is 0 Å². The number of anilines is 1.